The number of primary amides is 1. The minimum absolute atomic E-state index is 0.241. The Morgan fingerprint density at radius 2 is 1.79 bits per heavy atom. The summed E-state index contributed by atoms with van der Waals surface area (Å²) in [7, 11) is 0. The van der Waals surface area contributed by atoms with Crippen LogP contribution in [0.5, 0.6) is 5.75 Å². The van der Waals surface area contributed by atoms with Crippen molar-refractivity contribution in [3.63, 3.8) is 0 Å². The molecule has 3 amide bonds. The van der Waals surface area contributed by atoms with Gasteiger partial charge >= 0.3 is 12.0 Å². The summed E-state index contributed by atoms with van der Waals surface area (Å²) in [5.74, 6) is -0.710. The lowest BCUT2D eigenvalue weighted by molar-refractivity contribution is -0.147. The molecule has 0 heterocycles. The van der Waals surface area contributed by atoms with Crippen LogP contribution in [0.4, 0.5) is 10.5 Å². The molecular weight excluding hydrogens is 398 g/mol. The third kappa shape index (κ3) is 7.00. The van der Waals surface area contributed by atoms with E-state index in [4.69, 9.17) is 26.8 Å². The SMILES string of the molecule is CCOc1ccccc1NC(=O)COC(=O)C[C@H](NC(N)=O)c1ccccc1Cl. The zero-order valence-electron chi connectivity index (χ0n) is 15.8. The number of ether oxygens (including phenoxy) is 2. The van der Waals surface area contributed by atoms with Crippen LogP contribution in [-0.4, -0.2) is 31.1 Å². The summed E-state index contributed by atoms with van der Waals surface area (Å²) in [4.78, 5) is 35.6. The molecule has 0 saturated heterocycles. The average molecular weight is 420 g/mol. The van der Waals surface area contributed by atoms with Gasteiger partial charge < -0.3 is 25.8 Å². The van der Waals surface area contributed by atoms with Gasteiger partial charge in [-0.3, -0.25) is 9.59 Å². The molecule has 154 valence electrons. The van der Waals surface area contributed by atoms with Gasteiger partial charge in [-0.1, -0.05) is 41.9 Å². The summed E-state index contributed by atoms with van der Waals surface area (Å²) in [6.07, 6.45) is -0.241. The number of nitrogens with two attached hydrogens (primary N) is 1. The van der Waals surface area contributed by atoms with Crippen molar-refractivity contribution in [1.29, 1.82) is 0 Å². The molecule has 0 aliphatic heterocycles. The molecule has 4 N–H and O–H groups in total. The summed E-state index contributed by atoms with van der Waals surface area (Å²) in [5, 5.41) is 5.44. The van der Waals surface area contributed by atoms with Gasteiger partial charge in [-0.2, -0.15) is 0 Å². The zero-order chi connectivity index (χ0) is 21.2. The standard InChI is InChI=1S/C20H22ClN3O5/c1-2-28-17-10-6-5-9-15(17)23-18(25)12-29-19(26)11-16(24-20(22)27)13-7-3-4-8-14(13)21/h3-10,16H,2,11-12H2,1H3,(H,23,25)(H3,22,24,27)/t16-/m0/s1. The van der Waals surface area contributed by atoms with E-state index in [0.717, 1.165) is 0 Å². The molecule has 0 fully saturated rings. The molecule has 0 bridgehead atoms. The summed E-state index contributed by atoms with van der Waals surface area (Å²) in [6.45, 7) is 1.78. The molecule has 29 heavy (non-hydrogen) atoms. The average Bonchev–Trinajstić information content (AvgIpc) is 2.68. The number of anilines is 1. The van der Waals surface area contributed by atoms with E-state index in [1.807, 2.05) is 6.92 Å². The minimum atomic E-state index is -0.812. The molecule has 9 heteroatoms. The van der Waals surface area contributed by atoms with Crippen molar-refractivity contribution in [2.45, 2.75) is 19.4 Å². The maximum absolute atomic E-state index is 12.2. The molecule has 0 aliphatic carbocycles. The van der Waals surface area contributed by atoms with Gasteiger partial charge in [-0.25, -0.2) is 4.79 Å². The molecule has 2 aromatic rings. The van der Waals surface area contributed by atoms with Gasteiger partial charge in [-0.15, -0.1) is 0 Å². The van der Waals surface area contributed by atoms with Crippen LogP contribution in [0.1, 0.15) is 24.9 Å². The van der Waals surface area contributed by atoms with Crippen LogP contribution >= 0.6 is 11.6 Å². The molecule has 0 radical (unpaired) electrons. The molecule has 0 spiro atoms. The lowest BCUT2D eigenvalue weighted by Gasteiger charge is -2.18. The molecule has 0 aliphatic rings. The number of hydrogen-bond acceptors (Lipinski definition) is 5. The lowest BCUT2D eigenvalue weighted by atomic mass is 10.0. The van der Waals surface area contributed by atoms with Crippen LogP contribution in [0.2, 0.25) is 5.02 Å². The van der Waals surface area contributed by atoms with Gasteiger partial charge in [0.15, 0.2) is 6.61 Å². The van der Waals surface area contributed by atoms with E-state index < -0.39 is 30.6 Å². The van der Waals surface area contributed by atoms with Crippen LogP contribution in [0.15, 0.2) is 48.5 Å². The van der Waals surface area contributed by atoms with Crippen molar-refractivity contribution in [2.75, 3.05) is 18.5 Å². The number of rotatable bonds is 9. The number of carbonyl (C=O) groups is 3. The number of nitrogens with one attached hydrogen (secondary N) is 2. The van der Waals surface area contributed by atoms with Crippen LogP contribution in [0.3, 0.4) is 0 Å². The van der Waals surface area contributed by atoms with E-state index in [1.54, 1.807) is 48.5 Å². The summed E-state index contributed by atoms with van der Waals surface area (Å²) in [5.41, 5.74) is 6.17. The van der Waals surface area contributed by atoms with Gasteiger partial charge in [0.05, 0.1) is 24.8 Å². The second-order valence-corrected chi connectivity index (χ2v) is 6.33. The van der Waals surface area contributed by atoms with Crippen LogP contribution < -0.4 is 21.1 Å². The fourth-order valence-corrected chi connectivity index (χ4v) is 2.84. The fraction of sp³-hybridized carbons (Fsp3) is 0.250. The highest BCUT2D eigenvalue weighted by Crippen LogP contribution is 2.26. The van der Waals surface area contributed by atoms with Crippen molar-refractivity contribution in [3.8, 4) is 5.75 Å². The first kappa shape index (κ1) is 22.0. The third-order valence-corrected chi connectivity index (χ3v) is 4.14. The Morgan fingerprint density at radius 1 is 1.10 bits per heavy atom. The van der Waals surface area contributed by atoms with Gasteiger partial charge in [0.1, 0.15) is 5.75 Å². The van der Waals surface area contributed by atoms with Gasteiger partial charge in [0.25, 0.3) is 5.91 Å². The van der Waals surface area contributed by atoms with Crippen molar-refractivity contribution in [2.24, 2.45) is 5.73 Å². The Bertz CT molecular complexity index is 875. The number of urea groups is 1. The molecule has 0 saturated carbocycles. The first-order valence-electron chi connectivity index (χ1n) is 8.88. The van der Waals surface area contributed by atoms with Crippen LogP contribution in [-0.2, 0) is 14.3 Å². The number of para-hydroxylation sites is 2. The van der Waals surface area contributed by atoms with Crippen molar-refractivity contribution >= 4 is 35.2 Å². The lowest BCUT2D eigenvalue weighted by Crippen LogP contribution is -2.35. The molecule has 8 nitrogen and oxygen atoms in total. The minimum Gasteiger partial charge on any atom is -0.492 e. The molecule has 0 unspecified atom stereocenters. The van der Waals surface area contributed by atoms with Gasteiger partial charge in [0.2, 0.25) is 0 Å². The molecular formula is C20H22ClN3O5. The Hall–Kier alpha value is -3.26. The van der Waals surface area contributed by atoms with Crippen molar-refractivity contribution in [3.05, 3.63) is 59.1 Å². The third-order valence-electron chi connectivity index (χ3n) is 3.79. The number of halogens is 1. The number of hydrogen-bond donors (Lipinski definition) is 3. The monoisotopic (exact) mass is 419 g/mol. The molecule has 2 aromatic carbocycles. The molecule has 0 aromatic heterocycles. The highest BCUT2D eigenvalue weighted by atomic mass is 35.5. The Balaban J connectivity index is 1.94. The first-order valence-corrected chi connectivity index (χ1v) is 9.26. The largest absolute Gasteiger partial charge is 0.492 e. The second-order valence-electron chi connectivity index (χ2n) is 5.92. The summed E-state index contributed by atoms with van der Waals surface area (Å²) < 4.78 is 10.4. The quantitative estimate of drug-likeness (QED) is 0.539. The summed E-state index contributed by atoms with van der Waals surface area (Å²) >= 11 is 6.12. The number of carbonyl (C=O) groups excluding carboxylic acids is 3. The first-order chi connectivity index (χ1) is 13.9. The number of esters is 1. The van der Waals surface area contributed by atoms with E-state index in [9.17, 15) is 14.4 Å². The van der Waals surface area contributed by atoms with Crippen molar-refractivity contribution < 1.29 is 23.9 Å². The van der Waals surface area contributed by atoms with E-state index >= 15 is 0 Å². The molecule has 2 rings (SSSR count). The van der Waals surface area contributed by atoms with E-state index in [1.165, 1.54) is 0 Å². The highest BCUT2D eigenvalue weighted by molar-refractivity contribution is 6.31. The summed E-state index contributed by atoms with van der Waals surface area (Å²) in [6, 6.07) is 12.0. The van der Waals surface area contributed by atoms with E-state index in [-0.39, 0.29) is 6.42 Å². The van der Waals surface area contributed by atoms with Crippen LogP contribution in [0.25, 0.3) is 0 Å². The Labute approximate surface area is 173 Å². The fourth-order valence-electron chi connectivity index (χ4n) is 2.58. The maximum Gasteiger partial charge on any atom is 0.312 e. The highest BCUT2D eigenvalue weighted by Gasteiger charge is 2.21. The topological polar surface area (TPSA) is 120 Å². The zero-order valence-corrected chi connectivity index (χ0v) is 16.6. The normalized spacial score (nSPS) is 11.2. The van der Waals surface area contributed by atoms with Gasteiger partial charge in [0, 0.05) is 5.02 Å². The van der Waals surface area contributed by atoms with Crippen LogP contribution in [0, 0.1) is 0 Å². The smallest absolute Gasteiger partial charge is 0.312 e. The van der Waals surface area contributed by atoms with E-state index in [2.05, 4.69) is 10.6 Å². The Morgan fingerprint density at radius 3 is 2.48 bits per heavy atom. The number of amides is 3. The van der Waals surface area contributed by atoms with Crippen molar-refractivity contribution in [1.82, 2.24) is 5.32 Å². The van der Waals surface area contributed by atoms with E-state index in [0.29, 0.717) is 28.6 Å². The van der Waals surface area contributed by atoms with Gasteiger partial charge in [-0.05, 0) is 30.7 Å². The molecule has 1 atom stereocenters. The number of benzene rings is 2. The maximum atomic E-state index is 12.2. The predicted octanol–water partition coefficient (Wildman–Crippen LogP) is 3.02. The predicted molar refractivity (Wildman–Crippen MR) is 109 cm³/mol. The second kappa shape index (κ2) is 10.9. The Kier molecular flexibility index (Phi) is 8.29.